The molecule has 1 aliphatic carbocycles. The second kappa shape index (κ2) is 8.07. The normalized spacial score (nSPS) is 21.9. The Kier molecular flexibility index (Phi) is 5.75. The van der Waals surface area contributed by atoms with Crippen LogP contribution in [-0.4, -0.2) is 33.0 Å². The molecule has 0 unspecified atom stereocenters. The Morgan fingerprint density at radius 3 is 2.43 bits per heavy atom. The molecule has 0 fully saturated rings. The van der Waals surface area contributed by atoms with Gasteiger partial charge in [0.2, 0.25) is 5.88 Å². The number of ether oxygens (including phenoxy) is 1. The van der Waals surface area contributed by atoms with Crippen molar-refractivity contribution in [2.24, 2.45) is 5.92 Å². The Bertz CT molecular complexity index is 878. The molecule has 3 N–H and O–H groups in total. The Hall–Kier alpha value is -2.79. The van der Waals surface area contributed by atoms with Crippen LogP contribution >= 0.6 is 0 Å². The predicted molar refractivity (Wildman–Crippen MR) is 110 cm³/mol. The molecule has 0 aliphatic heterocycles. The van der Waals surface area contributed by atoms with Crippen molar-refractivity contribution in [1.29, 1.82) is 0 Å². The summed E-state index contributed by atoms with van der Waals surface area (Å²) in [5.74, 6) is 0.255. The maximum atomic E-state index is 10.7. The highest BCUT2D eigenvalue weighted by Crippen LogP contribution is 2.47. The summed E-state index contributed by atoms with van der Waals surface area (Å²) < 4.78 is 5.35. The first-order valence-electron chi connectivity index (χ1n) is 9.48. The average molecular weight is 381 g/mol. The van der Waals surface area contributed by atoms with Gasteiger partial charge in [0.1, 0.15) is 11.5 Å². The first-order chi connectivity index (χ1) is 13.3. The van der Waals surface area contributed by atoms with E-state index in [1.807, 2.05) is 32.9 Å². The van der Waals surface area contributed by atoms with Crippen molar-refractivity contribution in [3.05, 3.63) is 59.8 Å². The minimum atomic E-state index is -0.531. The molecule has 28 heavy (non-hydrogen) atoms. The molecule has 3 rings (SSSR count). The molecule has 1 aromatic carbocycles. The van der Waals surface area contributed by atoms with E-state index < -0.39 is 6.10 Å². The van der Waals surface area contributed by atoms with Crippen molar-refractivity contribution < 1.29 is 20.1 Å². The largest absolute Gasteiger partial charge is 0.507 e. The van der Waals surface area contributed by atoms with Gasteiger partial charge in [0, 0.05) is 29.3 Å². The summed E-state index contributed by atoms with van der Waals surface area (Å²) in [7, 11) is 0. The average Bonchev–Trinajstić information content (AvgIpc) is 2.64. The van der Waals surface area contributed by atoms with Crippen molar-refractivity contribution in [2.75, 3.05) is 6.61 Å². The summed E-state index contributed by atoms with van der Waals surface area (Å²) in [6.07, 6.45) is 3.55. The van der Waals surface area contributed by atoms with E-state index in [9.17, 15) is 15.3 Å². The lowest BCUT2D eigenvalue weighted by atomic mass is 9.72. The number of rotatable bonds is 5. The molecule has 1 aliphatic rings. The standard InChI is InChI=1S/C23H27NO4/c1-5-28-22-7-6-15(12-24-22)16-9-20(26)23(21(27)10-16)18-8-14(4)19(25)11-17(18)13(2)3/h6-10,12,17-19,25-27H,2,5,11H2,1,3-4H3/t17-,18+,19-/m0/s1. The number of aliphatic hydroxyl groups is 1. The lowest BCUT2D eigenvalue weighted by Crippen LogP contribution is -2.26. The second-order valence-electron chi connectivity index (χ2n) is 7.39. The molecular weight excluding hydrogens is 354 g/mol. The van der Waals surface area contributed by atoms with E-state index in [2.05, 4.69) is 11.6 Å². The highest BCUT2D eigenvalue weighted by Gasteiger charge is 2.33. The van der Waals surface area contributed by atoms with Crippen molar-refractivity contribution in [2.45, 2.75) is 39.2 Å². The molecule has 0 amide bonds. The third kappa shape index (κ3) is 3.90. The van der Waals surface area contributed by atoms with Gasteiger partial charge in [0.15, 0.2) is 0 Å². The molecule has 5 heteroatoms. The van der Waals surface area contributed by atoms with Crippen molar-refractivity contribution >= 4 is 0 Å². The number of aromatic hydroxyl groups is 2. The van der Waals surface area contributed by atoms with E-state index in [0.29, 0.717) is 30.0 Å². The summed E-state index contributed by atoms with van der Waals surface area (Å²) in [6.45, 7) is 10.2. The van der Waals surface area contributed by atoms with Crippen LogP contribution in [0.2, 0.25) is 0 Å². The monoisotopic (exact) mass is 381 g/mol. The SMILES string of the molecule is C=C(C)[C@@H]1C[C@H](O)C(C)=C[C@H]1c1c(O)cc(-c2ccc(OCC)nc2)cc1O. The fraction of sp³-hybridized carbons (Fsp3) is 0.348. The number of pyridine rings is 1. The molecule has 1 aromatic heterocycles. The van der Waals surface area contributed by atoms with Gasteiger partial charge in [0.05, 0.1) is 12.7 Å². The highest BCUT2D eigenvalue weighted by atomic mass is 16.5. The van der Waals surface area contributed by atoms with Crippen molar-refractivity contribution in [3.8, 4) is 28.5 Å². The number of aliphatic hydroxyl groups excluding tert-OH is 1. The summed E-state index contributed by atoms with van der Waals surface area (Å²) in [5, 5.41) is 31.7. The maximum Gasteiger partial charge on any atom is 0.213 e. The zero-order valence-corrected chi connectivity index (χ0v) is 16.5. The van der Waals surface area contributed by atoms with E-state index in [0.717, 1.165) is 16.7 Å². The predicted octanol–water partition coefficient (Wildman–Crippen LogP) is 4.55. The summed E-state index contributed by atoms with van der Waals surface area (Å²) in [4.78, 5) is 4.24. The van der Waals surface area contributed by atoms with E-state index in [-0.39, 0.29) is 23.3 Å². The lowest BCUT2D eigenvalue weighted by Gasteiger charge is -2.34. The zero-order chi connectivity index (χ0) is 20.4. The van der Waals surface area contributed by atoms with Crippen molar-refractivity contribution in [3.63, 3.8) is 0 Å². The Morgan fingerprint density at radius 2 is 1.89 bits per heavy atom. The number of allylic oxidation sites excluding steroid dienone is 2. The van der Waals surface area contributed by atoms with Crippen molar-refractivity contribution in [1.82, 2.24) is 4.98 Å². The Labute approximate surface area is 165 Å². The fourth-order valence-electron chi connectivity index (χ4n) is 3.79. The molecule has 3 atom stereocenters. The van der Waals surface area contributed by atoms with Gasteiger partial charge in [-0.1, -0.05) is 18.2 Å². The van der Waals surface area contributed by atoms with Gasteiger partial charge in [-0.05, 0) is 62.4 Å². The van der Waals surface area contributed by atoms with Crippen LogP contribution in [0.3, 0.4) is 0 Å². The van der Waals surface area contributed by atoms with E-state index >= 15 is 0 Å². The van der Waals surface area contributed by atoms with Gasteiger partial charge in [-0.2, -0.15) is 0 Å². The van der Waals surface area contributed by atoms with Crippen LogP contribution in [0, 0.1) is 5.92 Å². The van der Waals surface area contributed by atoms with Gasteiger partial charge in [-0.3, -0.25) is 0 Å². The topological polar surface area (TPSA) is 82.8 Å². The van der Waals surface area contributed by atoms with Crippen LogP contribution in [0.15, 0.2) is 54.3 Å². The number of hydrogen-bond donors (Lipinski definition) is 3. The molecule has 1 heterocycles. The van der Waals surface area contributed by atoms with Crippen LogP contribution in [-0.2, 0) is 0 Å². The number of nitrogens with zero attached hydrogens (tertiary/aromatic N) is 1. The molecule has 0 saturated heterocycles. The van der Waals surface area contributed by atoms with Gasteiger partial charge in [0.25, 0.3) is 0 Å². The third-order valence-corrected chi connectivity index (χ3v) is 5.34. The zero-order valence-electron chi connectivity index (χ0n) is 16.5. The molecule has 148 valence electrons. The minimum absolute atomic E-state index is 0.0144. The molecule has 2 aromatic rings. The van der Waals surface area contributed by atoms with Gasteiger partial charge < -0.3 is 20.1 Å². The smallest absolute Gasteiger partial charge is 0.213 e. The quantitative estimate of drug-likeness (QED) is 0.662. The molecule has 0 saturated carbocycles. The molecule has 5 nitrogen and oxygen atoms in total. The van der Waals surface area contributed by atoms with Gasteiger partial charge in [-0.25, -0.2) is 4.98 Å². The Morgan fingerprint density at radius 1 is 1.21 bits per heavy atom. The fourth-order valence-corrected chi connectivity index (χ4v) is 3.79. The third-order valence-electron chi connectivity index (χ3n) is 5.34. The highest BCUT2D eigenvalue weighted by molar-refractivity contribution is 5.69. The summed E-state index contributed by atoms with van der Waals surface area (Å²) in [5.41, 5.74) is 3.63. The number of hydrogen-bond acceptors (Lipinski definition) is 5. The molecule has 0 bridgehead atoms. The lowest BCUT2D eigenvalue weighted by molar-refractivity contribution is 0.168. The second-order valence-corrected chi connectivity index (χ2v) is 7.39. The van der Waals surface area contributed by atoms with Crippen LogP contribution in [0.25, 0.3) is 11.1 Å². The molecule has 0 spiro atoms. The number of phenols is 2. The molecule has 0 radical (unpaired) electrons. The summed E-state index contributed by atoms with van der Waals surface area (Å²) >= 11 is 0. The first kappa shape index (κ1) is 20.0. The van der Waals surface area contributed by atoms with Crippen LogP contribution in [0.1, 0.15) is 38.7 Å². The first-order valence-corrected chi connectivity index (χ1v) is 9.48. The van der Waals surface area contributed by atoms with Crippen LogP contribution in [0.4, 0.5) is 0 Å². The maximum absolute atomic E-state index is 10.7. The van der Waals surface area contributed by atoms with E-state index in [1.165, 1.54) is 0 Å². The number of aromatic nitrogens is 1. The van der Waals surface area contributed by atoms with Gasteiger partial charge in [-0.15, -0.1) is 0 Å². The minimum Gasteiger partial charge on any atom is -0.507 e. The van der Waals surface area contributed by atoms with E-state index in [1.54, 1.807) is 24.4 Å². The van der Waals surface area contributed by atoms with Crippen LogP contribution < -0.4 is 4.74 Å². The number of phenolic OH excluding ortho intramolecular Hbond substituents is 2. The van der Waals surface area contributed by atoms with Gasteiger partial charge >= 0.3 is 0 Å². The molecular formula is C23H27NO4. The summed E-state index contributed by atoms with van der Waals surface area (Å²) in [6, 6.07) is 6.86. The van der Waals surface area contributed by atoms with E-state index in [4.69, 9.17) is 4.74 Å². The van der Waals surface area contributed by atoms with Crippen LogP contribution in [0.5, 0.6) is 17.4 Å². The Balaban J connectivity index is 2.01. The number of benzene rings is 1.